The van der Waals surface area contributed by atoms with Crippen LogP contribution in [-0.4, -0.2) is 22.8 Å². The maximum absolute atomic E-state index is 8.38. The normalized spacial score (nSPS) is 11.5. The van der Waals surface area contributed by atoms with Gasteiger partial charge in [0.15, 0.2) is 0 Å². The van der Waals surface area contributed by atoms with Gasteiger partial charge in [-0.2, -0.15) is 0 Å². The van der Waals surface area contributed by atoms with E-state index in [1.807, 2.05) is 0 Å². The van der Waals surface area contributed by atoms with Gasteiger partial charge in [0.2, 0.25) is 0 Å². The molecule has 1 aromatic carbocycles. The molecule has 7 heteroatoms. The van der Waals surface area contributed by atoms with Gasteiger partial charge in [0.25, 0.3) is 0 Å². The molecule has 1 aromatic rings. The SMILES string of the molecule is Nc1c(C=NO)cc(C=NO)c(N)c1N. The Bertz CT molecular complexity index is 391. The van der Waals surface area contributed by atoms with E-state index in [9.17, 15) is 0 Å². The van der Waals surface area contributed by atoms with Crippen molar-refractivity contribution in [2.75, 3.05) is 17.2 Å². The largest absolute Gasteiger partial charge is 0.411 e. The molecule has 15 heavy (non-hydrogen) atoms. The molecule has 0 spiro atoms. The predicted molar refractivity (Wildman–Crippen MR) is 58.4 cm³/mol. The van der Waals surface area contributed by atoms with Crippen molar-refractivity contribution in [2.24, 2.45) is 10.3 Å². The van der Waals surface area contributed by atoms with Gasteiger partial charge < -0.3 is 27.6 Å². The van der Waals surface area contributed by atoms with Crippen molar-refractivity contribution in [2.45, 2.75) is 0 Å². The number of anilines is 3. The molecule has 0 amide bonds. The van der Waals surface area contributed by atoms with E-state index in [1.54, 1.807) is 0 Å². The van der Waals surface area contributed by atoms with Crippen LogP contribution in [0, 0.1) is 0 Å². The number of hydrogen-bond donors (Lipinski definition) is 5. The maximum atomic E-state index is 8.38. The number of oxime groups is 2. The van der Waals surface area contributed by atoms with Crippen LogP contribution in [0.2, 0.25) is 0 Å². The molecule has 0 radical (unpaired) electrons. The van der Waals surface area contributed by atoms with Gasteiger partial charge in [-0.25, -0.2) is 0 Å². The minimum absolute atomic E-state index is 0.155. The summed E-state index contributed by atoms with van der Waals surface area (Å²) in [7, 11) is 0. The van der Waals surface area contributed by atoms with Gasteiger partial charge in [-0.15, -0.1) is 0 Å². The van der Waals surface area contributed by atoms with Crippen LogP contribution in [0.5, 0.6) is 0 Å². The zero-order chi connectivity index (χ0) is 11.4. The van der Waals surface area contributed by atoms with Crippen LogP contribution in [-0.2, 0) is 0 Å². The average molecular weight is 209 g/mol. The summed E-state index contributed by atoms with van der Waals surface area (Å²) < 4.78 is 0. The molecule has 80 valence electrons. The highest BCUT2D eigenvalue weighted by molar-refractivity contribution is 6.02. The van der Waals surface area contributed by atoms with E-state index in [4.69, 9.17) is 27.6 Å². The van der Waals surface area contributed by atoms with E-state index < -0.39 is 0 Å². The van der Waals surface area contributed by atoms with Crippen LogP contribution in [0.4, 0.5) is 17.1 Å². The summed E-state index contributed by atoms with van der Waals surface area (Å²) in [6, 6.07) is 1.49. The van der Waals surface area contributed by atoms with Gasteiger partial charge in [-0.1, -0.05) is 10.3 Å². The maximum Gasteiger partial charge on any atom is 0.0794 e. The molecule has 0 aromatic heterocycles. The summed E-state index contributed by atoms with van der Waals surface area (Å²) in [5.41, 5.74) is 18.2. The number of benzene rings is 1. The lowest BCUT2D eigenvalue weighted by Gasteiger charge is -2.09. The zero-order valence-corrected chi connectivity index (χ0v) is 7.75. The summed E-state index contributed by atoms with van der Waals surface area (Å²) in [6.45, 7) is 0. The standard InChI is InChI=1S/C8H11N5O2/c9-6-4(2-12-14)1-5(3-13-15)7(10)8(6)11/h1-3,14-15H,9-11H2. The van der Waals surface area contributed by atoms with Crippen molar-refractivity contribution in [3.05, 3.63) is 17.2 Å². The fourth-order valence-corrected chi connectivity index (χ4v) is 1.12. The smallest absolute Gasteiger partial charge is 0.0794 e. The fourth-order valence-electron chi connectivity index (χ4n) is 1.12. The van der Waals surface area contributed by atoms with E-state index in [-0.39, 0.29) is 17.1 Å². The van der Waals surface area contributed by atoms with E-state index >= 15 is 0 Å². The Hall–Kier alpha value is -2.44. The summed E-state index contributed by atoms with van der Waals surface area (Å²) in [6.07, 6.45) is 2.22. The first-order valence-corrected chi connectivity index (χ1v) is 3.94. The van der Waals surface area contributed by atoms with E-state index in [1.165, 1.54) is 6.07 Å². The van der Waals surface area contributed by atoms with Crippen molar-refractivity contribution in [3.63, 3.8) is 0 Å². The second kappa shape index (κ2) is 4.18. The molecule has 0 aliphatic carbocycles. The van der Waals surface area contributed by atoms with E-state index in [0.717, 1.165) is 12.4 Å². The zero-order valence-electron chi connectivity index (χ0n) is 7.75. The van der Waals surface area contributed by atoms with Gasteiger partial charge in [-0.05, 0) is 6.07 Å². The van der Waals surface area contributed by atoms with Gasteiger partial charge in [-0.3, -0.25) is 0 Å². The topological polar surface area (TPSA) is 143 Å². The van der Waals surface area contributed by atoms with Gasteiger partial charge in [0.1, 0.15) is 0 Å². The van der Waals surface area contributed by atoms with Gasteiger partial charge in [0, 0.05) is 11.1 Å². The van der Waals surface area contributed by atoms with Crippen molar-refractivity contribution >= 4 is 29.5 Å². The van der Waals surface area contributed by atoms with Gasteiger partial charge >= 0.3 is 0 Å². The first-order chi connectivity index (χ1) is 7.11. The minimum Gasteiger partial charge on any atom is -0.411 e. The third-order valence-corrected chi connectivity index (χ3v) is 1.91. The summed E-state index contributed by atoms with van der Waals surface area (Å²) in [5, 5.41) is 22.4. The van der Waals surface area contributed by atoms with E-state index in [2.05, 4.69) is 10.3 Å². The Kier molecular flexibility index (Phi) is 2.97. The number of hydrogen-bond acceptors (Lipinski definition) is 7. The Balaban J connectivity index is 3.44. The van der Waals surface area contributed by atoms with Crippen molar-refractivity contribution in [3.8, 4) is 0 Å². The van der Waals surface area contributed by atoms with Crippen molar-refractivity contribution in [1.82, 2.24) is 0 Å². The van der Waals surface area contributed by atoms with Crippen LogP contribution < -0.4 is 17.2 Å². The Morgan fingerprint density at radius 1 is 0.867 bits per heavy atom. The monoisotopic (exact) mass is 209 g/mol. The number of nitrogen functional groups attached to an aromatic ring is 3. The highest BCUT2D eigenvalue weighted by Gasteiger charge is 2.09. The van der Waals surface area contributed by atoms with Gasteiger partial charge in [0.05, 0.1) is 29.5 Å². The average Bonchev–Trinajstić information content (AvgIpc) is 2.22. The quantitative estimate of drug-likeness (QED) is 0.202. The second-order valence-corrected chi connectivity index (χ2v) is 2.79. The second-order valence-electron chi connectivity index (χ2n) is 2.79. The molecular formula is C8H11N5O2. The summed E-state index contributed by atoms with van der Waals surface area (Å²) >= 11 is 0. The van der Waals surface area contributed by atoms with Crippen molar-refractivity contribution < 1.29 is 10.4 Å². The third kappa shape index (κ3) is 1.90. The molecule has 0 saturated carbocycles. The Morgan fingerprint density at radius 2 is 1.27 bits per heavy atom. The lowest BCUT2D eigenvalue weighted by atomic mass is 10.1. The highest BCUT2D eigenvalue weighted by Crippen LogP contribution is 2.28. The molecular weight excluding hydrogens is 198 g/mol. The van der Waals surface area contributed by atoms with Crippen LogP contribution in [0.25, 0.3) is 0 Å². The van der Waals surface area contributed by atoms with Crippen LogP contribution in [0.15, 0.2) is 16.4 Å². The summed E-state index contributed by atoms with van der Waals surface area (Å²) in [4.78, 5) is 0. The van der Waals surface area contributed by atoms with E-state index in [0.29, 0.717) is 11.1 Å². The minimum atomic E-state index is 0.155. The number of nitrogens with two attached hydrogens (primary N) is 3. The Labute approximate surface area is 85.5 Å². The first kappa shape index (κ1) is 10.6. The Morgan fingerprint density at radius 3 is 1.60 bits per heavy atom. The molecule has 0 fully saturated rings. The van der Waals surface area contributed by atoms with Crippen LogP contribution in [0.3, 0.4) is 0 Å². The molecule has 0 aliphatic rings. The molecule has 8 N–H and O–H groups in total. The summed E-state index contributed by atoms with van der Waals surface area (Å²) in [5.74, 6) is 0. The highest BCUT2D eigenvalue weighted by atomic mass is 16.4. The number of nitrogens with zero attached hydrogens (tertiary/aromatic N) is 2. The molecule has 0 heterocycles. The fraction of sp³-hybridized carbons (Fsp3) is 0. The van der Waals surface area contributed by atoms with Crippen LogP contribution in [0.1, 0.15) is 11.1 Å². The lowest BCUT2D eigenvalue weighted by molar-refractivity contribution is 0.322. The lowest BCUT2D eigenvalue weighted by Crippen LogP contribution is -2.07. The predicted octanol–water partition coefficient (Wildman–Crippen LogP) is 0.0494. The third-order valence-electron chi connectivity index (χ3n) is 1.91. The molecule has 0 saturated heterocycles. The first-order valence-electron chi connectivity index (χ1n) is 3.94. The molecule has 7 nitrogen and oxygen atoms in total. The molecule has 0 atom stereocenters. The molecule has 0 unspecified atom stereocenters. The molecule has 0 bridgehead atoms. The number of rotatable bonds is 2. The molecule has 0 aliphatic heterocycles. The van der Waals surface area contributed by atoms with Crippen LogP contribution >= 0.6 is 0 Å². The molecule has 1 rings (SSSR count). The van der Waals surface area contributed by atoms with Crippen molar-refractivity contribution in [1.29, 1.82) is 0 Å².